The highest BCUT2D eigenvalue weighted by atomic mass is 32.1. The first-order valence-corrected chi connectivity index (χ1v) is 8.54. The van der Waals surface area contributed by atoms with Gasteiger partial charge in [-0.15, -0.1) is 6.58 Å². The summed E-state index contributed by atoms with van der Waals surface area (Å²) in [7, 11) is 5.63. The van der Waals surface area contributed by atoms with Crippen LogP contribution in [0.5, 0.6) is 11.5 Å². The van der Waals surface area contributed by atoms with E-state index in [-0.39, 0.29) is 6.10 Å². The zero-order valence-electron chi connectivity index (χ0n) is 14.8. The number of thiocarbonyl (C=S) groups is 1. The van der Waals surface area contributed by atoms with Crippen LogP contribution < -0.4 is 19.7 Å². The van der Waals surface area contributed by atoms with Crippen molar-refractivity contribution in [2.75, 3.05) is 21.2 Å². The van der Waals surface area contributed by atoms with E-state index in [2.05, 4.69) is 24.8 Å². The maximum atomic E-state index is 6.25. The predicted octanol–water partition coefficient (Wildman–Crippen LogP) is 4.18. The molecule has 2 N–H and O–H groups in total. The minimum atomic E-state index is -0.0987. The number of hydrogen-bond donors (Lipinski definition) is 1. The number of fused-ring (bicyclic) bond motifs is 3. The molecule has 3 rings (SSSR count). The first-order chi connectivity index (χ1) is 11.9. The first kappa shape index (κ1) is 17.5. The molecule has 0 bridgehead atoms. The molecular formula is C20H23N2O2S+. The number of ether oxygens (including phenoxy) is 2. The van der Waals surface area contributed by atoms with E-state index >= 15 is 0 Å². The van der Waals surface area contributed by atoms with Crippen molar-refractivity contribution < 1.29 is 9.47 Å². The molecule has 0 aliphatic carbocycles. The van der Waals surface area contributed by atoms with Crippen LogP contribution in [-0.2, 0) is 0 Å². The molecule has 1 atom stereocenters. The Morgan fingerprint density at radius 2 is 2.12 bits per heavy atom. The molecule has 1 aliphatic heterocycles. The quantitative estimate of drug-likeness (QED) is 0.508. The van der Waals surface area contributed by atoms with Gasteiger partial charge in [0.2, 0.25) is 0 Å². The lowest BCUT2D eigenvalue weighted by Gasteiger charge is -2.32. The molecule has 130 valence electrons. The Bertz CT molecular complexity index is 846. The van der Waals surface area contributed by atoms with Crippen LogP contribution in [-0.4, -0.2) is 26.3 Å². The third kappa shape index (κ3) is 2.90. The van der Waals surface area contributed by atoms with Gasteiger partial charge in [0.05, 0.1) is 26.8 Å². The summed E-state index contributed by atoms with van der Waals surface area (Å²) in [6, 6.07) is 12.1. The second kappa shape index (κ2) is 6.50. The fraction of sp³-hybridized carbons (Fsp3) is 0.250. The van der Waals surface area contributed by atoms with E-state index in [9.17, 15) is 0 Å². The van der Waals surface area contributed by atoms with E-state index in [1.54, 1.807) is 7.11 Å². The lowest BCUT2D eigenvalue weighted by atomic mass is 9.90. The normalized spacial score (nSPS) is 15.6. The standard InChI is InChI=1S/C20H22N2O2S/c1-5-7-16-15-12-13(22(2,3)20(21)25)10-11-14(15)19-17(23-4)8-6-9-18(19)24-16/h5-6,8-12,16H,1,7H2,2-4H3,(H-,21,25)/p+1. The largest absolute Gasteiger partial charge is 0.496 e. The fourth-order valence-corrected chi connectivity index (χ4v) is 3.21. The van der Waals surface area contributed by atoms with E-state index in [1.807, 2.05) is 38.4 Å². The topological polar surface area (TPSA) is 44.5 Å². The molecule has 1 unspecified atom stereocenters. The molecule has 0 spiro atoms. The van der Waals surface area contributed by atoms with Crippen LogP contribution in [0.15, 0.2) is 49.1 Å². The van der Waals surface area contributed by atoms with Gasteiger partial charge in [-0.25, -0.2) is 4.48 Å². The lowest BCUT2D eigenvalue weighted by Crippen LogP contribution is -2.50. The number of hydrogen-bond acceptors (Lipinski definition) is 3. The lowest BCUT2D eigenvalue weighted by molar-refractivity contribution is 0.205. The summed E-state index contributed by atoms with van der Waals surface area (Å²) in [5.74, 6) is 1.63. The van der Waals surface area contributed by atoms with Crippen LogP contribution >= 0.6 is 12.2 Å². The maximum Gasteiger partial charge on any atom is 0.272 e. The second-order valence-electron chi connectivity index (χ2n) is 6.53. The van der Waals surface area contributed by atoms with Crippen molar-refractivity contribution in [1.82, 2.24) is 4.48 Å². The third-order valence-electron chi connectivity index (χ3n) is 4.71. The summed E-state index contributed by atoms with van der Waals surface area (Å²) in [5.41, 5.74) is 10.1. The van der Waals surface area contributed by atoms with E-state index in [0.29, 0.717) is 16.0 Å². The van der Waals surface area contributed by atoms with Gasteiger partial charge in [0.15, 0.2) is 0 Å². The van der Waals surface area contributed by atoms with Crippen LogP contribution in [0.4, 0.5) is 5.69 Å². The Labute approximate surface area is 154 Å². The first-order valence-electron chi connectivity index (χ1n) is 8.13. The Morgan fingerprint density at radius 1 is 1.36 bits per heavy atom. The van der Waals surface area contributed by atoms with Crippen LogP contribution in [0.3, 0.4) is 0 Å². The van der Waals surface area contributed by atoms with Gasteiger partial charge in [0, 0.05) is 36.3 Å². The highest BCUT2D eigenvalue weighted by molar-refractivity contribution is 7.80. The molecule has 0 saturated carbocycles. The van der Waals surface area contributed by atoms with Crippen LogP contribution in [0, 0.1) is 0 Å². The highest BCUT2D eigenvalue weighted by Gasteiger charge is 2.31. The third-order valence-corrected chi connectivity index (χ3v) is 5.16. The fourth-order valence-electron chi connectivity index (χ4n) is 3.11. The van der Waals surface area contributed by atoms with Gasteiger partial charge in [-0.2, -0.15) is 0 Å². The number of rotatable bonds is 4. The SMILES string of the molecule is C=CCC1Oc2cccc(OC)c2-c2ccc([N+](C)(C)C(N)=S)cc21. The summed E-state index contributed by atoms with van der Waals surface area (Å²) in [6.45, 7) is 3.87. The van der Waals surface area contributed by atoms with E-state index < -0.39 is 0 Å². The molecule has 0 radical (unpaired) electrons. The molecule has 0 saturated heterocycles. The van der Waals surface area contributed by atoms with E-state index in [4.69, 9.17) is 27.4 Å². The Morgan fingerprint density at radius 3 is 2.76 bits per heavy atom. The molecule has 5 heteroatoms. The highest BCUT2D eigenvalue weighted by Crippen LogP contribution is 2.49. The molecule has 0 aromatic heterocycles. The molecular weight excluding hydrogens is 332 g/mol. The molecule has 0 amide bonds. The average Bonchev–Trinajstić information content (AvgIpc) is 2.60. The smallest absolute Gasteiger partial charge is 0.272 e. The van der Waals surface area contributed by atoms with E-state index in [1.165, 1.54) is 0 Å². The summed E-state index contributed by atoms with van der Waals surface area (Å²) in [6.07, 6.45) is 2.49. The van der Waals surface area contributed by atoms with Crippen molar-refractivity contribution in [1.29, 1.82) is 0 Å². The van der Waals surface area contributed by atoms with Crippen molar-refractivity contribution in [3.63, 3.8) is 0 Å². The number of quaternary nitrogens is 1. The minimum Gasteiger partial charge on any atom is -0.496 e. The van der Waals surface area contributed by atoms with Crippen molar-refractivity contribution in [2.45, 2.75) is 12.5 Å². The summed E-state index contributed by atoms with van der Waals surface area (Å²) in [4.78, 5) is 0. The summed E-state index contributed by atoms with van der Waals surface area (Å²) < 4.78 is 12.1. The number of nitrogens with zero attached hydrogens (tertiary/aromatic N) is 1. The molecule has 2 aromatic carbocycles. The molecule has 25 heavy (non-hydrogen) atoms. The Balaban J connectivity index is 2.23. The van der Waals surface area contributed by atoms with Crippen LogP contribution in [0.2, 0.25) is 0 Å². The van der Waals surface area contributed by atoms with Gasteiger partial charge in [0.1, 0.15) is 23.3 Å². The van der Waals surface area contributed by atoms with Gasteiger partial charge in [0.25, 0.3) is 5.11 Å². The van der Waals surface area contributed by atoms with E-state index in [0.717, 1.165) is 33.9 Å². The van der Waals surface area contributed by atoms with Crippen molar-refractivity contribution in [3.8, 4) is 22.6 Å². The Hall–Kier alpha value is -2.37. The Kier molecular flexibility index (Phi) is 4.54. The van der Waals surface area contributed by atoms with Gasteiger partial charge >= 0.3 is 0 Å². The zero-order valence-corrected chi connectivity index (χ0v) is 15.6. The predicted molar refractivity (Wildman–Crippen MR) is 107 cm³/mol. The minimum absolute atomic E-state index is 0.0987. The second-order valence-corrected chi connectivity index (χ2v) is 6.95. The zero-order chi connectivity index (χ0) is 18.2. The molecule has 2 aromatic rings. The van der Waals surface area contributed by atoms with Crippen LogP contribution in [0.25, 0.3) is 11.1 Å². The van der Waals surface area contributed by atoms with Crippen molar-refractivity contribution >= 4 is 23.0 Å². The van der Waals surface area contributed by atoms with Gasteiger partial charge in [-0.05, 0) is 23.8 Å². The van der Waals surface area contributed by atoms with Crippen molar-refractivity contribution in [2.24, 2.45) is 5.73 Å². The van der Waals surface area contributed by atoms with Crippen LogP contribution in [0.1, 0.15) is 18.1 Å². The molecule has 0 fully saturated rings. The monoisotopic (exact) mass is 355 g/mol. The van der Waals surface area contributed by atoms with Gasteiger partial charge in [-0.1, -0.05) is 12.1 Å². The van der Waals surface area contributed by atoms with Gasteiger partial charge in [-0.3, -0.25) is 0 Å². The number of nitrogens with two attached hydrogens (primary N) is 1. The molecule has 1 aliphatic rings. The number of benzene rings is 2. The van der Waals surface area contributed by atoms with Crippen molar-refractivity contribution in [3.05, 3.63) is 54.6 Å². The number of methoxy groups -OCH3 is 1. The average molecular weight is 355 g/mol. The molecule has 4 nitrogen and oxygen atoms in total. The molecule has 1 heterocycles. The van der Waals surface area contributed by atoms with Gasteiger partial charge < -0.3 is 15.2 Å². The summed E-state index contributed by atoms with van der Waals surface area (Å²) in [5, 5.41) is 0.412. The summed E-state index contributed by atoms with van der Waals surface area (Å²) >= 11 is 5.23. The maximum absolute atomic E-state index is 6.25.